The summed E-state index contributed by atoms with van der Waals surface area (Å²) in [4.78, 5) is 0. The molecule has 4 nitrogen and oxygen atoms in total. The standard InChI is InChI=1S/C14H22O4/c1-3-4-8-17-11-12-5-6-13(18-9-7-15)14(10-12)16-2/h5-6,10,15H,3-4,7-9,11H2,1-2H3. The highest BCUT2D eigenvalue weighted by atomic mass is 16.5. The maximum absolute atomic E-state index is 8.73. The average molecular weight is 254 g/mol. The van der Waals surface area contributed by atoms with Crippen molar-refractivity contribution in [3.63, 3.8) is 0 Å². The van der Waals surface area contributed by atoms with Crippen LogP contribution in [0.4, 0.5) is 0 Å². The van der Waals surface area contributed by atoms with Crippen LogP contribution in [0.3, 0.4) is 0 Å². The summed E-state index contributed by atoms with van der Waals surface area (Å²) in [6.07, 6.45) is 2.21. The quantitative estimate of drug-likeness (QED) is 0.687. The number of ether oxygens (including phenoxy) is 3. The minimum absolute atomic E-state index is 0.00889. The molecule has 4 heteroatoms. The Morgan fingerprint density at radius 3 is 2.67 bits per heavy atom. The molecule has 0 aliphatic heterocycles. The molecule has 0 amide bonds. The number of hydrogen-bond donors (Lipinski definition) is 1. The zero-order valence-electron chi connectivity index (χ0n) is 11.1. The van der Waals surface area contributed by atoms with Crippen molar-refractivity contribution in [2.75, 3.05) is 26.9 Å². The molecule has 102 valence electrons. The lowest BCUT2D eigenvalue weighted by Crippen LogP contribution is -2.03. The molecule has 0 fully saturated rings. The predicted molar refractivity (Wildman–Crippen MR) is 70.1 cm³/mol. The first-order valence-corrected chi connectivity index (χ1v) is 6.30. The fourth-order valence-electron chi connectivity index (χ4n) is 1.51. The summed E-state index contributed by atoms with van der Waals surface area (Å²) in [5.74, 6) is 1.31. The fraction of sp³-hybridized carbons (Fsp3) is 0.571. The second kappa shape index (κ2) is 8.78. The number of methoxy groups -OCH3 is 1. The summed E-state index contributed by atoms with van der Waals surface area (Å²) >= 11 is 0. The highest BCUT2D eigenvalue weighted by molar-refractivity contribution is 5.42. The van der Waals surface area contributed by atoms with Crippen LogP contribution < -0.4 is 9.47 Å². The molecule has 0 bridgehead atoms. The number of hydrogen-bond acceptors (Lipinski definition) is 4. The van der Waals surface area contributed by atoms with Crippen molar-refractivity contribution in [1.29, 1.82) is 0 Å². The summed E-state index contributed by atoms with van der Waals surface area (Å²) in [5.41, 5.74) is 1.05. The van der Waals surface area contributed by atoms with Crippen molar-refractivity contribution in [2.45, 2.75) is 26.4 Å². The summed E-state index contributed by atoms with van der Waals surface area (Å²) in [6, 6.07) is 5.69. The Morgan fingerprint density at radius 2 is 2.00 bits per heavy atom. The third-order valence-electron chi connectivity index (χ3n) is 2.49. The van der Waals surface area contributed by atoms with Crippen LogP contribution in [0.25, 0.3) is 0 Å². The van der Waals surface area contributed by atoms with Crippen LogP contribution in [0.5, 0.6) is 11.5 Å². The molecule has 18 heavy (non-hydrogen) atoms. The van der Waals surface area contributed by atoms with Crippen molar-refractivity contribution in [3.8, 4) is 11.5 Å². The molecule has 0 aromatic heterocycles. The fourth-order valence-corrected chi connectivity index (χ4v) is 1.51. The Kier molecular flexibility index (Phi) is 7.22. The van der Waals surface area contributed by atoms with Gasteiger partial charge in [-0.05, 0) is 24.1 Å². The van der Waals surface area contributed by atoms with E-state index in [0.29, 0.717) is 18.1 Å². The van der Waals surface area contributed by atoms with E-state index in [1.54, 1.807) is 7.11 Å². The van der Waals surface area contributed by atoms with Crippen LogP contribution in [0.2, 0.25) is 0 Å². The van der Waals surface area contributed by atoms with Crippen molar-refractivity contribution < 1.29 is 19.3 Å². The third-order valence-corrected chi connectivity index (χ3v) is 2.49. The zero-order chi connectivity index (χ0) is 13.2. The molecule has 0 saturated carbocycles. The molecule has 1 rings (SSSR count). The summed E-state index contributed by atoms with van der Waals surface area (Å²) in [5, 5.41) is 8.73. The van der Waals surface area contributed by atoms with Gasteiger partial charge in [0, 0.05) is 6.61 Å². The molecule has 0 spiro atoms. The molecule has 1 aromatic rings. The SMILES string of the molecule is CCCCOCc1ccc(OCCO)c(OC)c1. The van der Waals surface area contributed by atoms with Crippen LogP contribution in [0.1, 0.15) is 25.3 Å². The van der Waals surface area contributed by atoms with Gasteiger partial charge in [0.2, 0.25) is 0 Å². The molecule has 0 aliphatic carbocycles. The zero-order valence-corrected chi connectivity index (χ0v) is 11.1. The van der Waals surface area contributed by atoms with Gasteiger partial charge < -0.3 is 19.3 Å². The molecule has 0 unspecified atom stereocenters. The lowest BCUT2D eigenvalue weighted by Gasteiger charge is -2.11. The van der Waals surface area contributed by atoms with Gasteiger partial charge in [0.25, 0.3) is 0 Å². The Bertz CT molecular complexity index is 339. The monoisotopic (exact) mass is 254 g/mol. The van der Waals surface area contributed by atoms with Gasteiger partial charge in [-0.1, -0.05) is 19.4 Å². The third kappa shape index (κ3) is 4.94. The number of aliphatic hydroxyl groups is 1. The maximum Gasteiger partial charge on any atom is 0.161 e. The van der Waals surface area contributed by atoms with Crippen LogP contribution in [-0.2, 0) is 11.3 Å². The van der Waals surface area contributed by atoms with Gasteiger partial charge >= 0.3 is 0 Å². The van der Waals surface area contributed by atoms with Gasteiger partial charge in [-0.25, -0.2) is 0 Å². The molecule has 0 heterocycles. The molecule has 0 radical (unpaired) electrons. The Labute approximate surface area is 108 Å². The van der Waals surface area contributed by atoms with Gasteiger partial charge in [0.15, 0.2) is 11.5 Å². The van der Waals surface area contributed by atoms with E-state index in [0.717, 1.165) is 25.0 Å². The van der Waals surface area contributed by atoms with E-state index in [9.17, 15) is 0 Å². The number of aliphatic hydroxyl groups excluding tert-OH is 1. The van der Waals surface area contributed by atoms with Crippen LogP contribution >= 0.6 is 0 Å². The van der Waals surface area contributed by atoms with Crippen LogP contribution in [0, 0.1) is 0 Å². The molecular weight excluding hydrogens is 232 g/mol. The normalized spacial score (nSPS) is 10.4. The van der Waals surface area contributed by atoms with E-state index in [2.05, 4.69) is 6.92 Å². The molecule has 0 saturated heterocycles. The smallest absolute Gasteiger partial charge is 0.161 e. The van der Waals surface area contributed by atoms with Crippen LogP contribution in [-0.4, -0.2) is 32.0 Å². The van der Waals surface area contributed by atoms with Gasteiger partial charge in [-0.3, -0.25) is 0 Å². The van der Waals surface area contributed by atoms with Gasteiger partial charge in [0.05, 0.1) is 20.3 Å². The Morgan fingerprint density at radius 1 is 1.17 bits per heavy atom. The average Bonchev–Trinajstić information content (AvgIpc) is 2.41. The first-order chi connectivity index (χ1) is 8.81. The first kappa shape index (κ1) is 14.8. The summed E-state index contributed by atoms with van der Waals surface area (Å²) < 4.78 is 16.2. The molecule has 1 N–H and O–H groups in total. The highest BCUT2D eigenvalue weighted by Gasteiger charge is 2.05. The molecular formula is C14H22O4. The minimum Gasteiger partial charge on any atom is -0.493 e. The van der Waals surface area contributed by atoms with Gasteiger partial charge in [0.1, 0.15) is 6.61 Å². The Balaban J connectivity index is 2.55. The number of rotatable bonds is 9. The lowest BCUT2D eigenvalue weighted by molar-refractivity contribution is 0.118. The second-order valence-electron chi connectivity index (χ2n) is 3.96. The van der Waals surface area contributed by atoms with E-state index >= 15 is 0 Å². The van der Waals surface area contributed by atoms with Crippen molar-refractivity contribution in [1.82, 2.24) is 0 Å². The van der Waals surface area contributed by atoms with Gasteiger partial charge in [-0.2, -0.15) is 0 Å². The minimum atomic E-state index is -0.00889. The van der Waals surface area contributed by atoms with E-state index < -0.39 is 0 Å². The topological polar surface area (TPSA) is 47.9 Å². The Hall–Kier alpha value is -1.26. The maximum atomic E-state index is 8.73. The van der Waals surface area contributed by atoms with E-state index in [1.165, 1.54) is 0 Å². The molecule has 0 aliphatic rings. The van der Waals surface area contributed by atoms with Crippen molar-refractivity contribution in [2.24, 2.45) is 0 Å². The number of unbranched alkanes of at least 4 members (excludes halogenated alkanes) is 1. The molecule has 1 aromatic carbocycles. The van der Waals surface area contributed by atoms with Gasteiger partial charge in [-0.15, -0.1) is 0 Å². The summed E-state index contributed by atoms with van der Waals surface area (Å²) in [7, 11) is 1.60. The largest absolute Gasteiger partial charge is 0.493 e. The lowest BCUT2D eigenvalue weighted by atomic mass is 10.2. The first-order valence-electron chi connectivity index (χ1n) is 6.30. The van der Waals surface area contributed by atoms with E-state index in [4.69, 9.17) is 19.3 Å². The molecule has 0 atom stereocenters. The highest BCUT2D eigenvalue weighted by Crippen LogP contribution is 2.28. The van der Waals surface area contributed by atoms with E-state index in [1.807, 2.05) is 18.2 Å². The summed E-state index contributed by atoms with van der Waals surface area (Å²) in [6.45, 7) is 3.76. The van der Waals surface area contributed by atoms with Crippen molar-refractivity contribution in [3.05, 3.63) is 23.8 Å². The number of benzene rings is 1. The van der Waals surface area contributed by atoms with E-state index in [-0.39, 0.29) is 13.2 Å². The van der Waals surface area contributed by atoms with Crippen molar-refractivity contribution >= 4 is 0 Å². The second-order valence-corrected chi connectivity index (χ2v) is 3.96. The predicted octanol–water partition coefficient (Wildman–Crippen LogP) is 2.38. The van der Waals surface area contributed by atoms with Crippen LogP contribution in [0.15, 0.2) is 18.2 Å².